The van der Waals surface area contributed by atoms with Crippen LogP contribution in [0.15, 0.2) is 12.4 Å². The van der Waals surface area contributed by atoms with Crippen LogP contribution in [0.2, 0.25) is 0 Å². The molecule has 0 saturated heterocycles. The highest BCUT2D eigenvalue weighted by atomic mass is 15.5. The second kappa shape index (κ2) is 2.62. The maximum absolute atomic E-state index is 4.01. The molecule has 0 amide bonds. The van der Waals surface area contributed by atoms with Crippen LogP contribution in [0.4, 0.5) is 0 Å². The Morgan fingerprint density at radius 2 is 2.44 bits per heavy atom. The van der Waals surface area contributed by atoms with E-state index in [1.807, 2.05) is 18.0 Å². The van der Waals surface area contributed by atoms with Crippen molar-refractivity contribution in [1.29, 1.82) is 0 Å². The van der Waals surface area contributed by atoms with E-state index in [-0.39, 0.29) is 0 Å². The predicted molar refractivity (Wildman–Crippen MR) is 33.7 cm³/mol. The molecule has 50 valence electrons. The summed E-state index contributed by atoms with van der Waals surface area (Å²) in [7, 11) is 1.94. The highest BCUT2D eigenvalue weighted by Crippen LogP contribution is 1.74. The van der Waals surface area contributed by atoms with Crippen molar-refractivity contribution in [2.24, 2.45) is 7.05 Å². The van der Waals surface area contributed by atoms with E-state index in [0.29, 0.717) is 0 Å². The lowest BCUT2D eigenvalue weighted by atomic mass is 10.5. The third kappa shape index (κ3) is 1.28. The predicted octanol–water partition coefficient (Wildman–Crippen LogP) is 0.118. The van der Waals surface area contributed by atoms with Crippen molar-refractivity contribution in [1.82, 2.24) is 9.90 Å². The summed E-state index contributed by atoms with van der Waals surface area (Å²) in [6.45, 7) is 3.20. The minimum atomic E-state index is 1.05. The first-order chi connectivity index (χ1) is 4.34. The van der Waals surface area contributed by atoms with Crippen LogP contribution in [-0.2, 0) is 13.6 Å². The zero-order valence-electron chi connectivity index (χ0n) is 5.91. The molecule has 0 aliphatic rings. The molecule has 3 nitrogen and oxygen atoms in total. The lowest BCUT2D eigenvalue weighted by molar-refractivity contribution is -0.777. The molecule has 1 aromatic heterocycles. The minimum Gasteiger partial charge on any atom is -0.161 e. The normalized spacial score (nSPS) is 10.0. The van der Waals surface area contributed by atoms with Crippen molar-refractivity contribution in [2.75, 3.05) is 0 Å². The summed E-state index contributed by atoms with van der Waals surface area (Å²) in [5, 5.41) is 4.01. The second-order valence-electron chi connectivity index (χ2n) is 2.07. The second-order valence-corrected chi connectivity index (χ2v) is 2.07. The Labute approximate surface area is 54.9 Å². The molecule has 0 radical (unpaired) electrons. The minimum absolute atomic E-state index is 1.05. The Kier molecular flexibility index (Phi) is 1.82. The van der Waals surface area contributed by atoms with Crippen LogP contribution in [0.25, 0.3) is 0 Å². The van der Waals surface area contributed by atoms with E-state index in [4.69, 9.17) is 0 Å². The number of hydrogen-bond acceptors (Lipinski definition) is 1. The molecule has 0 unspecified atom stereocenters. The van der Waals surface area contributed by atoms with Gasteiger partial charge in [-0.25, -0.2) is 0 Å². The lowest BCUT2D eigenvalue weighted by Gasteiger charge is -1.91. The molecule has 0 saturated carbocycles. The Morgan fingerprint density at radius 1 is 1.67 bits per heavy atom. The number of hydrogen-bond donors (Lipinski definition) is 0. The third-order valence-electron chi connectivity index (χ3n) is 1.30. The molecule has 1 aromatic rings. The number of aromatic nitrogens is 3. The Hall–Kier alpha value is -0.860. The van der Waals surface area contributed by atoms with Gasteiger partial charge in [-0.1, -0.05) is 6.92 Å². The van der Waals surface area contributed by atoms with Crippen LogP contribution in [0.3, 0.4) is 0 Å². The van der Waals surface area contributed by atoms with Gasteiger partial charge in [0.25, 0.3) is 0 Å². The van der Waals surface area contributed by atoms with Crippen LogP contribution in [0.1, 0.15) is 13.3 Å². The van der Waals surface area contributed by atoms with Crippen molar-refractivity contribution in [3.8, 4) is 0 Å². The van der Waals surface area contributed by atoms with Gasteiger partial charge in [-0.3, -0.25) is 0 Å². The van der Waals surface area contributed by atoms with Gasteiger partial charge in [0.05, 0.1) is 7.05 Å². The fourth-order valence-corrected chi connectivity index (χ4v) is 0.814. The first-order valence-corrected chi connectivity index (χ1v) is 3.22. The summed E-state index contributed by atoms with van der Waals surface area (Å²) in [6, 6.07) is 0. The summed E-state index contributed by atoms with van der Waals surface area (Å²) in [4.78, 5) is 1.84. The number of nitrogens with zero attached hydrogens (tertiary/aromatic N) is 3. The zero-order valence-corrected chi connectivity index (χ0v) is 5.91. The van der Waals surface area contributed by atoms with Crippen molar-refractivity contribution in [3.63, 3.8) is 0 Å². The molecule has 0 atom stereocenters. The third-order valence-corrected chi connectivity index (χ3v) is 1.30. The van der Waals surface area contributed by atoms with E-state index in [0.717, 1.165) is 13.0 Å². The monoisotopic (exact) mass is 126 g/mol. The molecule has 1 heterocycles. The molecule has 0 aromatic carbocycles. The molecule has 0 fully saturated rings. The first kappa shape index (κ1) is 6.26. The number of rotatable bonds is 2. The average Bonchev–Trinajstić information content (AvgIpc) is 2.18. The van der Waals surface area contributed by atoms with Gasteiger partial charge in [0, 0.05) is 5.10 Å². The quantitative estimate of drug-likeness (QED) is 0.516. The lowest BCUT2D eigenvalue weighted by Crippen LogP contribution is -2.41. The molecule has 3 heteroatoms. The molecular weight excluding hydrogens is 114 g/mol. The topological polar surface area (TPSA) is 21.7 Å². The Bertz CT molecular complexity index is 180. The van der Waals surface area contributed by atoms with Crippen LogP contribution in [0, 0.1) is 0 Å². The van der Waals surface area contributed by atoms with E-state index in [9.17, 15) is 0 Å². The molecular formula is C6H12N3+. The standard InChI is InChI=1S/C6H12N3/c1-3-5-9-6-4-7-8(9)2/h4,6H,3,5H2,1-2H3/q+1. The average molecular weight is 126 g/mol. The molecule has 0 aliphatic heterocycles. The van der Waals surface area contributed by atoms with Crippen LogP contribution in [0.5, 0.6) is 0 Å². The maximum atomic E-state index is 4.01. The molecule has 0 N–H and O–H groups in total. The van der Waals surface area contributed by atoms with Crippen molar-refractivity contribution in [3.05, 3.63) is 12.4 Å². The van der Waals surface area contributed by atoms with E-state index in [1.54, 1.807) is 6.20 Å². The highest BCUT2D eigenvalue weighted by Gasteiger charge is 1.99. The smallest absolute Gasteiger partial charge is 0.161 e. The van der Waals surface area contributed by atoms with Gasteiger partial charge in [-0.2, -0.15) is 4.68 Å². The summed E-state index contributed by atoms with van der Waals surface area (Å²) >= 11 is 0. The van der Waals surface area contributed by atoms with E-state index < -0.39 is 0 Å². The van der Waals surface area contributed by atoms with Gasteiger partial charge < -0.3 is 0 Å². The van der Waals surface area contributed by atoms with E-state index >= 15 is 0 Å². The Balaban J connectivity index is 2.69. The SMILES string of the molecule is CCC[n+]1ccnn1C. The summed E-state index contributed by atoms with van der Waals surface area (Å²) in [5.41, 5.74) is 0. The molecule has 9 heavy (non-hydrogen) atoms. The summed E-state index contributed by atoms with van der Waals surface area (Å²) in [5.74, 6) is 0. The van der Waals surface area contributed by atoms with Crippen molar-refractivity contribution >= 4 is 0 Å². The van der Waals surface area contributed by atoms with Gasteiger partial charge >= 0.3 is 0 Å². The van der Waals surface area contributed by atoms with E-state index in [1.165, 1.54) is 0 Å². The first-order valence-electron chi connectivity index (χ1n) is 3.22. The van der Waals surface area contributed by atoms with E-state index in [2.05, 4.69) is 16.7 Å². The maximum Gasteiger partial charge on any atom is 0.206 e. The summed E-state index contributed by atoms with van der Waals surface area (Å²) in [6.07, 6.45) is 4.93. The number of aryl methyl sites for hydroxylation is 2. The zero-order chi connectivity index (χ0) is 6.69. The van der Waals surface area contributed by atoms with Crippen molar-refractivity contribution < 1.29 is 4.68 Å². The van der Waals surface area contributed by atoms with Gasteiger partial charge in [0.2, 0.25) is 6.20 Å². The largest absolute Gasteiger partial charge is 0.206 e. The van der Waals surface area contributed by atoms with Gasteiger partial charge in [0.15, 0.2) is 6.20 Å². The fourth-order valence-electron chi connectivity index (χ4n) is 0.814. The molecule has 0 bridgehead atoms. The molecule has 0 aliphatic carbocycles. The Morgan fingerprint density at radius 3 is 2.89 bits per heavy atom. The van der Waals surface area contributed by atoms with Crippen LogP contribution < -0.4 is 4.68 Å². The van der Waals surface area contributed by atoms with Gasteiger partial charge in [-0.05, 0) is 11.2 Å². The van der Waals surface area contributed by atoms with Crippen LogP contribution in [-0.4, -0.2) is 9.90 Å². The summed E-state index contributed by atoms with van der Waals surface area (Å²) < 4.78 is 2.07. The van der Waals surface area contributed by atoms with Gasteiger partial charge in [-0.15, -0.1) is 0 Å². The molecule has 0 spiro atoms. The van der Waals surface area contributed by atoms with Crippen molar-refractivity contribution in [2.45, 2.75) is 19.9 Å². The van der Waals surface area contributed by atoms with Crippen LogP contribution >= 0.6 is 0 Å². The fraction of sp³-hybridized carbons (Fsp3) is 0.667. The highest BCUT2D eigenvalue weighted by molar-refractivity contribution is 4.49. The molecule has 1 rings (SSSR count). The van der Waals surface area contributed by atoms with Gasteiger partial charge in [0.1, 0.15) is 6.54 Å².